The topological polar surface area (TPSA) is 61.4 Å². The predicted molar refractivity (Wildman–Crippen MR) is 117 cm³/mol. The molecule has 1 heterocycles. The van der Waals surface area contributed by atoms with Gasteiger partial charge in [-0.15, -0.1) is 0 Å². The number of anilines is 1. The van der Waals surface area contributed by atoms with Crippen LogP contribution in [0.4, 0.5) is 10.5 Å². The minimum atomic E-state index is -0.616. The quantitative estimate of drug-likeness (QED) is 0.748. The van der Waals surface area contributed by atoms with E-state index >= 15 is 0 Å². The lowest BCUT2D eigenvalue weighted by Gasteiger charge is -2.39. The summed E-state index contributed by atoms with van der Waals surface area (Å²) < 4.78 is 0. The van der Waals surface area contributed by atoms with E-state index in [1.165, 1.54) is 0 Å². The Bertz CT molecular complexity index is 915. The molecule has 0 bridgehead atoms. The number of nitrogens with zero attached hydrogens (tertiary/aromatic N) is 1. The first-order valence-corrected chi connectivity index (χ1v) is 10.3. The number of aryl methyl sites for hydroxylation is 2. The fraction of sp³-hybridized carbons (Fsp3) is 0.391. The number of carbonyl (C=O) groups is 2. The highest BCUT2D eigenvalue weighted by molar-refractivity contribution is 6.33. The van der Waals surface area contributed by atoms with E-state index in [0.29, 0.717) is 30.3 Å². The second-order valence-electron chi connectivity index (χ2n) is 8.11. The molecule has 0 saturated carbocycles. The molecule has 154 valence electrons. The zero-order valence-corrected chi connectivity index (χ0v) is 18.0. The monoisotopic (exact) mass is 413 g/mol. The van der Waals surface area contributed by atoms with E-state index in [0.717, 1.165) is 29.5 Å². The normalized spacial score (nSPS) is 19.0. The second kappa shape index (κ2) is 8.87. The van der Waals surface area contributed by atoms with Gasteiger partial charge in [-0.1, -0.05) is 41.9 Å². The maximum Gasteiger partial charge on any atom is 0.321 e. The van der Waals surface area contributed by atoms with Crippen molar-refractivity contribution in [3.63, 3.8) is 0 Å². The number of rotatable bonds is 4. The minimum Gasteiger partial charge on any atom is -0.351 e. The third-order valence-corrected chi connectivity index (χ3v) is 5.91. The maximum absolute atomic E-state index is 12.9. The zero-order chi connectivity index (χ0) is 21.0. The van der Waals surface area contributed by atoms with Crippen LogP contribution in [0.15, 0.2) is 42.5 Å². The van der Waals surface area contributed by atoms with Crippen molar-refractivity contribution in [3.8, 4) is 0 Å². The molecular formula is C23H28ClN3O2. The van der Waals surface area contributed by atoms with Crippen molar-refractivity contribution < 1.29 is 9.59 Å². The van der Waals surface area contributed by atoms with Gasteiger partial charge >= 0.3 is 6.03 Å². The summed E-state index contributed by atoms with van der Waals surface area (Å²) in [5.74, 6) is -0.0216. The molecule has 6 heteroatoms. The van der Waals surface area contributed by atoms with E-state index in [-0.39, 0.29) is 11.9 Å². The van der Waals surface area contributed by atoms with Crippen LogP contribution >= 0.6 is 11.6 Å². The molecule has 2 aromatic rings. The van der Waals surface area contributed by atoms with Crippen LogP contribution in [-0.4, -0.2) is 29.9 Å². The Balaban J connectivity index is 1.62. The number of urea groups is 1. The average Bonchev–Trinajstić information content (AvgIpc) is 2.69. The fourth-order valence-electron chi connectivity index (χ4n) is 3.71. The van der Waals surface area contributed by atoms with E-state index in [1.54, 1.807) is 11.0 Å². The zero-order valence-electron chi connectivity index (χ0n) is 17.2. The van der Waals surface area contributed by atoms with Crippen molar-refractivity contribution >= 4 is 29.2 Å². The fourth-order valence-corrected chi connectivity index (χ4v) is 3.99. The number of benzene rings is 2. The van der Waals surface area contributed by atoms with Gasteiger partial charge in [0.2, 0.25) is 5.91 Å². The number of carbonyl (C=O) groups excluding carboxylic acids is 2. The van der Waals surface area contributed by atoms with Crippen LogP contribution in [-0.2, 0) is 11.3 Å². The van der Waals surface area contributed by atoms with Crippen molar-refractivity contribution in [2.75, 3.05) is 18.4 Å². The summed E-state index contributed by atoms with van der Waals surface area (Å²) in [6.07, 6.45) is 1.53. The lowest BCUT2D eigenvalue weighted by atomic mass is 9.81. The average molecular weight is 414 g/mol. The summed E-state index contributed by atoms with van der Waals surface area (Å²) in [6.45, 7) is 7.40. The number of likely N-dealkylation sites (tertiary alicyclic amines) is 1. The molecule has 0 spiro atoms. The Morgan fingerprint density at radius 1 is 1.17 bits per heavy atom. The SMILES string of the molecule is Cc1ccc(NC(=O)N2CCCC(C)(C(=O)NCc3ccccc3C)C2)c(Cl)c1. The summed E-state index contributed by atoms with van der Waals surface area (Å²) >= 11 is 6.23. The molecule has 0 aromatic heterocycles. The molecule has 1 unspecified atom stereocenters. The Hall–Kier alpha value is -2.53. The minimum absolute atomic E-state index is 0.0216. The third-order valence-electron chi connectivity index (χ3n) is 5.60. The van der Waals surface area contributed by atoms with E-state index in [1.807, 2.05) is 57.2 Å². The number of halogens is 1. The van der Waals surface area contributed by atoms with Gasteiger partial charge in [-0.2, -0.15) is 0 Å². The standard InChI is InChI=1S/C23H28ClN3O2/c1-16-9-10-20(19(24)13-16)26-22(29)27-12-6-11-23(3,15-27)21(28)25-14-18-8-5-4-7-17(18)2/h4-5,7-10,13H,6,11-12,14-15H2,1-3H3,(H,25,28)(H,26,29). The molecule has 29 heavy (non-hydrogen) atoms. The summed E-state index contributed by atoms with van der Waals surface area (Å²) in [7, 11) is 0. The van der Waals surface area contributed by atoms with E-state index in [2.05, 4.69) is 10.6 Å². The molecule has 3 amide bonds. The largest absolute Gasteiger partial charge is 0.351 e. The van der Waals surface area contributed by atoms with Gasteiger partial charge < -0.3 is 15.5 Å². The molecular weight excluding hydrogens is 386 g/mol. The van der Waals surface area contributed by atoms with Crippen molar-refractivity contribution in [1.29, 1.82) is 0 Å². The van der Waals surface area contributed by atoms with Crippen LogP contribution in [0.25, 0.3) is 0 Å². The maximum atomic E-state index is 12.9. The summed E-state index contributed by atoms with van der Waals surface area (Å²) in [5.41, 5.74) is 3.25. The van der Waals surface area contributed by atoms with Gasteiger partial charge in [0.1, 0.15) is 0 Å². The highest BCUT2D eigenvalue weighted by Crippen LogP contribution is 2.31. The van der Waals surface area contributed by atoms with Crippen molar-refractivity contribution in [3.05, 3.63) is 64.2 Å². The Labute approximate surface area is 177 Å². The molecule has 5 nitrogen and oxygen atoms in total. The van der Waals surface area contributed by atoms with Gasteiger partial charge in [0.25, 0.3) is 0 Å². The van der Waals surface area contributed by atoms with Gasteiger partial charge in [-0.05, 0) is 62.4 Å². The number of amides is 3. The summed E-state index contributed by atoms with van der Waals surface area (Å²) in [4.78, 5) is 27.4. The first-order valence-electron chi connectivity index (χ1n) is 9.93. The number of piperidine rings is 1. The van der Waals surface area contributed by atoms with Crippen LogP contribution in [0, 0.1) is 19.3 Å². The van der Waals surface area contributed by atoms with Crippen LogP contribution in [0.1, 0.15) is 36.5 Å². The summed E-state index contributed by atoms with van der Waals surface area (Å²) in [5, 5.41) is 6.44. The molecule has 3 rings (SSSR count). The van der Waals surface area contributed by atoms with Gasteiger partial charge in [0.05, 0.1) is 16.1 Å². The van der Waals surface area contributed by atoms with E-state index < -0.39 is 5.41 Å². The first-order chi connectivity index (χ1) is 13.8. The smallest absolute Gasteiger partial charge is 0.321 e. The van der Waals surface area contributed by atoms with Crippen LogP contribution in [0.3, 0.4) is 0 Å². The highest BCUT2D eigenvalue weighted by Gasteiger charge is 2.39. The van der Waals surface area contributed by atoms with Crippen molar-refractivity contribution in [2.45, 2.75) is 40.2 Å². The lowest BCUT2D eigenvalue weighted by Crippen LogP contribution is -2.52. The molecule has 1 aliphatic rings. The molecule has 0 radical (unpaired) electrons. The number of nitrogens with one attached hydrogen (secondary N) is 2. The molecule has 2 N–H and O–H groups in total. The van der Waals surface area contributed by atoms with Gasteiger partial charge in [0, 0.05) is 19.6 Å². The van der Waals surface area contributed by atoms with Crippen molar-refractivity contribution in [1.82, 2.24) is 10.2 Å². The Morgan fingerprint density at radius 3 is 2.66 bits per heavy atom. The van der Waals surface area contributed by atoms with E-state index in [9.17, 15) is 9.59 Å². The van der Waals surface area contributed by atoms with Crippen molar-refractivity contribution in [2.24, 2.45) is 5.41 Å². The molecule has 1 atom stereocenters. The van der Waals surface area contributed by atoms with E-state index in [4.69, 9.17) is 11.6 Å². The summed E-state index contributed by atoms with van der Waals surface area (Å²) in [6, 6.07) is 13.3. The molecule has 2 aromatic carbocycles. The highest BCUT2D eigenvalue weighted by atomic mass is 35.5. The van der Waals surface area contributed by atoms with Gasteiger partial charge in [-0.25, -0.2) is 4.79 Å². The Morgan fingerprint density at radius 2 is 1.93 bits per heavy atom. The third kappa shape index (κ3) is 5.10. The van der Waals surface area contributed by atoms with Gasteiger partial charge in [-0.3, -0.25) is 4.79 Å². The predicted octanol–water partition coefficient (Wildman–Crippen LogP) is 4.91. The first kappa shape index (κ1) is 21.2. The van der Waals surface area contributed by atoms with Gasteiger partial charge in [0.15, 0.2) is 0 Å². The second-order valence-corrected chi connectivity index (χ2v) is 8.52. The molecule has 0 aliphatic carbocycles. The molecule has 1 fully saturated rings. The van der Waals surface area contributed by atoms with Crippen LogP contribution in [0.5, 0.6) is 0 Å². The Kier molecular flexibility index (Phi) is 6.48. The molecule has 1 aliphatic heterocycles. The van der Waals surface area contributed by atoms with Crippen LogP contribution in [0.2, 0.25) is 5.02 Å². The molecule has 1 saturated heterocycles. The number of hydrogen-bond donors (Lipinski definition) is 2. The lowest BCUT2D eigenvalue weighted by molar-refractivity contribution is -0.132. The number of hydrogen-bond acceptors (Lipinski definition) is 2. The van der Waals surface area contributed by atoms with Crippen LogP contribution < -0.4 is 10.6 Å².